The molecular weight excluding hydrogens is 110 g/mol. The minimum atomic E-state index is 0.409. The van der Waals surface area contributed by atoms with Crippen LogP contribution in [0.15, 0.2) is 0 Å². The lowest BCUT2D eigenvalue weighted by Gasteiger charge is -2.46. The van der Waals surface area contributed by atoms with Crippen LogP contribution in [-0.2, 0) is 0 Å². The average Bonchev–Trinajstić information content (AvgIpc) is 1.55. The van der Waals surface area contributed by atoms with Crippen LogP contribution in [0.3, 0.4) is 0 Å². The van der Waals surface area contributed by atoms with E-state index in [0.717, 1.165) is 5.92 Å². The van der Waals surface area contributed by atoms with Crippen LogP contribution in [0.25, 0.3) is 0 Å². The van der Waals surface area contributed by atoms with Crippen LogP contribution in [0.5, 0.6) is 0 Å². The van der Waals surface area contributed by atoms with E-state index >= 15 is 0 Å². The van der Waals surface area contributed by atoms with Crippen LogP contribution >= 0.6 is 0 Å². The Hall–Kier alpha value is -0.0400. The zero-order valence-corrected chi connectivity index (χ0v) is 6.94. The SMILES string of the molecule is CC1CN(C(C)(C)C)C1. The molecule has 0 saturated carbocycles. The summed E-state index contributed by atoms with van der Waals surface area (Å²) in [5.41, 5.74) is 0.409. The van der Waals surface area contributed by atoms with E-state index in [1.807, 2.05) is 0 Å². The van der Waals surface area contributed by atoms with Crippen LogP contribution in [0.4, 0.5) is 0 Å². The van der Waals surface area contributed by atoms with Gasteiger partial charge in [0.05, 0.1) is 0 Å². The van der Waals surface area contributed by atoms with E-state index in [0.29, 0.717) is 5.54 Å². The standard InChI is InChI=1S/C8H17N/c1-7-5-9(6-7)8(2,3)4/h7H,5-6H2,1-4H3. The van der Waals surface area contributed by atoms with Crippen LogP contribution < -0.4 is 0 Å². The highest BCUT2D eigenvalue weighted by Gasteiger charge is 2.31. The molecule has 1 rings (SSSR count). The van der Waals surface area contributed by atoms with Gasteiger partial charge in [-0.15, -0.1) is 0 Å². The minimum absolute atomic E-state index is 0.409. The largest absolute Gasteiger partial charge is 0.298 e. The Morgan fingerprint density at radius 3 is 1.78 bits per heavy atom. The van der Waals surface area contributed by atoms with Crippen molar-refractivity contribution >= 4 is 0 Å². The Morgan fingerprint density at radius 2 is 1.67 bits per heavy atom. The summed E-state index contributed by atoms with van der Waals surface area (Å²) in [5.74, 6) is 0.934. The number of rotatable bonds is 0. The molecule has 0 bridgehead atoms. The normalized spacial score (nSPS) is 24.0. The van der Waals surface area contributed by atoms with E-state index < -0.39 is 0 Å². The first kappa shape index (κ1) is 7.07. The molecule has 1 heteroatoms. The van der Waals surface area contributed by atoms with E-state index in [9.17, 15) is 0 Å². The topological polar surface area (TPSA) is 3.24 Å². The molecule has 1 aliphatic rings. The summed E-state index contributed by atoms with van der Waals surface area (Å²) in [5, 5.41) is 0. The maximum absolute atomic E-state index is 2.51. The maximum Gasteiger partial charge on any atom is 0.0125 e. The predicted molar refractivity (Wildman–Crippen MR) is 40.5 cm³/mol. The Kier molecular flexibility index (Phi) is 1.55. The molecule has 0 aromatic heterocycles. The second kappa shape index (κ2) is 1.98. The van der Waals surface area contributed by atoms with Gasteiger partial charge >= 0.3 is 0 Å². The molecule has 0 spiro atoms. The highest BCUT2D eigenvalue weighted by molar-refractivity contribution is 4.86. The smallest absolute Gasteiger partial charge is 0.0125 e. The molecule has 1 saturated heterocycles. The molecule has 0 amide bonds. The molecule has 1 nitrogen and oxygen atoms in total. The van der Waals surface area contributed by atoms with Gasteiger partial charge in [-0.2, -0.15) is 0 Å². The van der Waals surface area contributed by atoms with Crippen LogP contribution in [0, 0.1) is 5.92 Å². The van der Waals surface area contributed by atoms with Gasteiger partial charge in [-0.3, -0.25) is 4.90 Å². The van der Waals surface area contributed by atoms with Gasteiger partial charge in [-0.1, -0.05) is 6.92 Å². The van der Waals surface area contributed by atoms with Crippen molar-refractivity contribution < 1.29 is 0 Å². The van der Waals surface area contributed by atoms with Crippen molar-refractivity contribution in [1.82, 2.24) is 4.90 Å². The fourth-order valence-corrected chi connectivity index (χ4v) is 1.25. The Morgan fingerprint density at radius 1 is 1.22 bits per heavy atom. The van der Waals surface area contributed by atoms with Crippen molar-refractivity contribution in [1.29, 1.82) is 0 Å². The highest BCUT2D eigenvalue weighted by Crippen LogP contribution is 2.24. The summed E-state index contributed by atoms with van der Waals surface area (Å²) >= 11 is 0. The summed E-state index contributed by atoms with van der Waals surface area (Å²) in [6, 6.07) is 0. The molecule has 0 radical (unpaired) electrons. The third kappa shape index (κ3) is 1.45. The first-order chi connectivity index (χ1) is 4.00. The van der Waals surface area contributed by atoms with Gasteiger partial charge < -0.3 is 0 Å². The van der Waals surface area contributed by atoms with Crippen LogP contribution in [0.1, 0.15) is 27.7 Å². The average molecular weight is 127 g/mol. The van der Waals surface area contributed by atoms with Crippen molar-refractivity contribution in [3.8, 4) is 0 Å². The lowest BCUT2D eigenvalue weighted by molar-refractivity contribution is 0.0224. The van der Waals surface area contributed by atoms with E-state index in [2.05, 4.69) is 32.6 Å². The first-order valence-corrected chi connectivity index (χ1v) is 3.75. The van der Waals surface area contributed by atoms with E-state index in [4.69, 9.17) is 0 Å². The number of hydrogen-bond acceptors (Lipinski definition) is 1. The third-order valence-corrected chi connectivity index (χ3v) is 2.01. The molecule has 0 atom stereocenters. The second-order valence-corrected chi connectivity index (χ2v) is 4.18. The van der Waals surface area contributed by atoms with Gasteiger partial charge in [-0.05, 0) is 26.7 Å². The monoisotopic (exact) mass is 127 g/mol. The molecule has 0 aliphatic carbocycles. The Bertz CT molecular complexity index is 95.6. The fraction of sp³-hybridized carbons (Fsp3) is 1.00. The molecule has 0 aromatic rings. The van der Waals surface area contributed by atoms with Crippen LogP contribution in [0.2, 0.25) is 0 Å². The van der Waals surface area contributed by atoms with E-state index in [1.54, 1.807) is 0 Å². The molecule has 9 heavy (non-hydrogen) atoms. The Balaban J connectivity index is 2.32. The van der Waals surface area contributed by atoms with Gasteiger partial charge in [0.15, 0.2) is 0 Å². The zero-order chi connectivity index (χ0) is 7.07. The second-order valence-electron chi connectivity index (χ2n) is 4.18. The fourth-order valence-electron chi connectivity index (χ4n) is 1.25. The number of likely N-dealkylation sites (tertiary alicyclic amines) is 1. The van der Waals surface area contributed by atoms with Crippen molar-refractivity contribution in [2.75, 3.05) is 13.1 Å². The van der Waals surface area contributed by atoms with Crippen molar-refractivity contribution in [3.05, 3.63) is 0 Å². The zero-order valence-electron chi connectivity index (χ0n) is 6.94. The van der Waals surface area contributed by atoms with Crippen molar-refractivity contribution in [3.63, 3.8) is 0 Å². The molecule has 1 aliphatic heterocycles. The van der Waals surface area contributed by atoms with Crippen molar-refractivity contribution in [2.24, 2.45) is 5.92 Å². The number of nitrogens with zero attached hydrogens (tertiary/aromatic N) is 1. The molecule has 0 N–H and O–H groups in total. The third-order valence-electron chi connectivity index (χ3n) is 2.01. The van der Waals surface area contributed by atoms with Gasteiger partial charge in [0.25, 0.3) is 0 Å². The first-order valence-electron chi connectivity index (χ1n) is 3.75. The van der Waals surface area contributed by atoms with Gasteiger partial charge in [0.1, 0.15) is 0 Å². The van der Waals surface area contributed by atoms with Gasteiger partial charge in [0.2, 0.25) is 0 Å². The predicted octanol–water partition coefficient (Wildman–Crippen LogP) is 1.74. The summed E-state index contributed by atoms with van der Waals surface area (Å²) < 4.78 is 0. The quantitative estimate of drug-likeness (QED) is 0.479. The maximum atomic E-state index is 2.51. The molecule has 1 heterocycles. The van der Waals surface area contributed by atoms with Crippen LogP contribution in [-0.4, -0.2) is 23.5 Å². The molecule has 0 aromatic carbocycles. The lowest BCUT2D eigenvalue weighted by atomic mass is 9.94. The number of hydrogen-bond donors (Lipinski definition) is 0. The summed E-state index contributed by atoms with van der Waals surface area (Å²) in [7, 11) is 0. The minimum Gasteiger partial charge on any atom is -0.298 e. The molecule has 0 unspecified atom stereocenters. The van der Waals surface area contributed by atoms with Crippen molar-refractivity contribution in [2.45, 2.75) is 33.2 Å². The molecule has 54 valence electrons. The van der Waals surface area contributed by atoms with E-state index in [1.165, 1.54) is 13.1 Å². The molecule has 1 fully saturated rings. The highest BCUT2D eigenvalue weighted by atomic mass is 15.2. The molecular formula is C8H17N. The summed E-state index contributed by atoms with van der Waals surface area (Å²) in [4.78, 5) is 2.51. The summed E-state index contributed by atoms with van der Waals surface area (Å²) in [6.45, 7) is 11.7. The lowest BCUT2D eigenvalue weighted by Crippen LogP contribution is -2.54. The Labute approximate surface area is 58.0 Å². The van der Waals surface area contributed by atoms with Gasteiger partial charge in [0, 0.05) is 18.6 Å². The van der Waals surface area contributed by atoms with Gasteiger partial charge in [-0.25, -0.2) is 0 Å². The summed E-state index contributed by atoms with van der Waals surface area (Å²) in [6.07, 6.45) is 0. The van der Waals surface area contributed by atoms with E-state index in [-0.39, 0.29) is 0 Å².